The van der Waals surface area contributed by atoms with E-state index in [1.165, 1.54) is 0 Å². The van der Waals surface area contributed by atoms with Crippen molar-refractivity contribution in [1.29, 1.82) is 0 Å². The number of rotatable bonds is 3. The zero-order valence-electron chi connectivity index (χ0n) is 11.1. The van der Waals surface area contributed by atoms with Crippen molar-refractivity contribution in [3.63, 3.8) is 0 Å². The molecule has 1 atom stereocenters. The van der Waals surface area contributed by atoms with E-state index in [0.29, 0.717) is 6.04 Å². The van der Waals surface area contributed by atoms with E-state index in [-0.39, 0.29) is 5.78 Å². The molecule has 4 heteroatoms. The molecule has 0 bridgehead atoms. The Balaban J connectivity index is 2.28. The van der Waals surface area contributed by atoms with Crippen LogP contribution in [0, 0.1) is 0 Å². The lowest BCUT2D eigenvalue weighted by molar-refractivity contribution is 0.101. The van der Waals surface area contributed by atoms with Crippen LogP contribution in [0.25, 0.3) is 0 Å². The Bertz CT molecular complexity index is 459. The fourth-order valence-corrected chi connectivity index (χ4v) is 2.80. The summed E-state index contributed by atoms with van der Waals surface area (Å²) >= 11 is 3.49. The van der Waals surface area contributed by atoms with Crippen molar-refractivity contribution >= 4 is 27.4 Å². The quantitative estimate of drug-likeness (QED) is 0.802. The summed E-state index contributed by atoms with van der Waals surface area (Å²) in [6, 6.07) is 6.46. The average Bonchev–Trinajstić information content (AvgIpc) is 2.77. The maximum atomic E-state index is 11.7. The van der Waals surface area contributed by atoms with Gasteiger partial charge in [0, 0.05) is 34.9 Å². The summed E-state index contributed by atoms with van der Waals surface area (Å²) in [6.45, 7) is 3.63. The van der Waals surface area contributed by atoms with Gasteiger partial charge in [-0.05, 0) is 45.6 Å². The Morgan fingerprint density at radius 3 is 2.72 bits per heavy atom. The summed E-state index contributed by atoms with van der Waals surface area (Å²) in [5.41, 5.74) is 1.87. The van der Waals surface area contributed by atoms with Crippen LogP contribution < -0.4 is 4.90 Å². The summed E-state index contributed by atoms with van der Waals surface area (Å²) in [5.74, 6) is 0.130. The molecule has 1 heterocycles. The van der Waals surface area contributed by atoms with Gasteiger partial charge in [-0.25, -0.2) is 0 Å². The normalized spacial score (nSPS) is 19.6. The predicted octanol–water partition coefficient (Wildman–Crippen LogP) is 2.79. The van der Waals surface area contributed by atoms with Crippen molar-refractivity contribution in [2.24, 2.45) is 0 Å². The SMILES string of the molecule is CC(=O)c1ccc(Br)cc1N1CCC(N(C)C)C1. The number of anilines is 1. The molecule has 1 saturated heterocycles. The molecule has 1 fully saturated rings. The number of benzene rings is 1. The van der Waals surface area contributed by atoms with E-state index in [0.717, 1.165) is 35.2 Å². The highest BCUT2D eigenvalue weighted by Crippen LogP contribution is 2.29. The number of Topliss-reactive ketones (excluding diaryl/α,β-unsaturated/α-hetero) is 1. The minimum absolute atomic E-state index is 0.130. The van der Waals surface area contributed by atoms with Gasteiger partial charge in [-0.3, -0.25) is 4.79 Å². The second-order valence-corrected chi connectivity index (χ2v) is 5.99. The molecular formula is C14H19BrN2O. The zero-order chi connectivity index (χ0) is 13.3. The van der Waals surface area contributed by atoms with Crippen molar-refractivity contribution < 1.29 is 4.79 Å². The van der Waals surface area contributed by atoms with E-state index in [9.17, 15) is 4.79 Å². The molecule has 1 aliphatic rings. The average molecular weight is 311 g/mol. The minimum atomic E-state index is 0.130. The topological polar surface area (TPSA) is 23.6 Å². The third kappa shape index (κ3) is 2.75. The smallest absolute Gasteiger partial charge is 0.161 e. The van der Waals surface area contributed by atoms with Crippen LogP contribution in [0.15, 0.2) is 22.7 Å². The van der Waals surface area contributed by atoms with Crippen LogP contribution in [0.1, 0.15) is 23.7 Å². The molecule has 0 spiro atoms. The molecule has 1 aromatic carbocycles. The van der Waals surface area contributed by atoms with Gasteiger partial charge < -0.3 is 9.80 Å². The van der Waals surface area contributed by atoms with Crippen LogP contribution in [0.3, 0.4) is 0 Å². The molecule has 1 aromatic rings. The van der Waals surface area contributed by atoms with Crippen LogP contribution in [0.2, 0.25) is 0 Å². The molecular weight excluding hydrogens is 292 g/mol. The molecule has 0 amide bonds. The molecule has 0 aliphatic carbocycles. The summed E-state index contributed by atoms with van der Waals surface area (Å²) in [5, 5.41) is 0. The van der Waals surface area contributed by atoms with Gasteiger partial charge in [-0.15, -0.1) is 0 Å². The van der Waals surface area contributed by atoms with E-state index in [2.05, 4.69) is 45.9 Å². The lowest BCUT2D eigenvalue weighted by Gasteiger charge is -2.23. The highest BCUT2D eigenvalue weighted by Gasteiger charge is 2.26. The van der Waals surface area contributed by atoms with Crippen LogP contribution in [-0.2, 0) is 0 Å². The van der Waals surface area contributed by atoms with E-state index in [1.54, 1.807) is 6.92 Å². The van der Waals surface area contributed by atoms with Gasteiger partial charge in [0.25, 0.3) is 0 Å². The Morgan fingerprint density at radius 2 is 2.17 bits per heavy atom. The van der Waals surface area contributed by atoms with Crippen molar-refractivity contribution in [3.05, 3.63) is 28.2 Å². The van der Waals surface area contributed by atoms with Gasteiger partial charge in [0.2, 0.25) is 0 Å². The molecule has 1 aliphatic heterocycles. The van der Waals surface area contributed by atoms with Gasteiger partial charge >= 0.3 is 0 Å². The fourth-order valence-electron chi connectivity index (χ4n) is 2.45. The Kier molecular flexibility index (Phi) is 4.07. The molecule has 0 N–H and O–H groups in total. The molecule has 1 unspecified atom stereocenters. The van der Waals surface area contributed by atoms with Crippen molar-refractivity contribution in [3.8, 4) is 0 Å². The van der Waals surface area contributed by atoms with Gasteiger partial charge in [0.05, 0.1) is 0 Å². The first-order chi connectivity index (χ1) is 8.49. The molecule has 98 valence electrons. The van der Waals surface area contributed by atoms with Crippen LogP contribution in [0.4, 0.5) is 5.69 Å². The monoisotopic (exact) mass is 310 g/mol. The Labute approximate surface area is 117 Å². The second-order valence-electron chi connectivity index (χ2n) is 5.07. The highest BCUT2D eigenvalue weighted by atomic mass is 79.9. The number of carbonyl (C=O) groups is 1. The fraction of sp³-hybridized carbons (Fsp3) is 0.500. The van der Waals surface area contributed by atoms with E-state index in [1.807, 2.05) is 12.1 Å². The van der Waals surface area contributed by atoms with Crippen LogP contribution in [-0.4, -0.2) is 43.9 Å². The number of hydrogen-bond donors (Lipinski definition) is 0. The minimum Gasteiger partial charge on any atom is -0.369 e. The van der Waals surface area contributed by atoms with E-state index >= 15 is 0 Å². The first kappa shape index (κ1) is 13.6. The highest BCUT2D eigenvalue weighted by molar-refractivity contribution is 9.10. The second kappa shape index (κ2) is 5.41. The summed E-state index contributed by atoms with van der Waals surface area (Å²) in [4.78, 5) is 16.3. The van der Waals surface area contributed by atoms with Crippen LogP contribution >= 0.6 is 15.9 Å². The lowest BCUT2D eigenvalue weighted by Crippen LogP contribution is -2.31. The zero-order valence-corrected chi connectivity index (χ0v) is 12.7. The first-order valence-corrected chi connectivity index (χ1v) is 7.00. The first-order valence-electron chi connectivity index (χ1n) is 6.21. The molecule has 18 heavy (non-hydrogen) atoms. The van der Waals surface area contributed by atoms with Crippen molar-refractivity contribution in [1.82, 2.24) is 4.90 Å². The Morgan fingerprint density at radius 1 is 1.44 bits per heavy atom. The summed E-state index contributed by atoms with van der Waals surface area (Å²) in [6.07, 6.45) is 1.15. The maximum absolute atomic E-state index is 11.7. The lowest BCUT2D eigenvalue weighted by atomic mass is 10.1. The third-order valence-corrected chi connectivity index (χ3v) is 4.07. The number of hydrogen-bond acceptors (Lipinski definition) is 3. The molecule has 2 rings (SSSR count). The largest absolute Gasteiger partial charge is 0.369 e. The number of halogens is 1. The number of carbonyl (C=O) groups excluding carboxylic acids is 1. The number of ketones is 1. The van der Waals surface area contributed by atoms with Gasteiger partial charge in [-0.2, -0.15) is 0 Å². The molecule has 0 aromatic heterocycles. The van der Waals surface area contributed by atoms with Crippen molar-refractivity contribution in [2.45, 2.75) is 19.4 Å². The Hall–Kier alpha value is -0.870. The predicted molar refractivity (Wildman–Crippen MR) is 78.5 cm³/mol. The van der Waals surface area contributed by atoms with Crippen LogP contribution in [0.5, 0.6) is 0 Å². The van der Waals surface area contributed by atoms with Gasteiger partial charge in [0.15, 0.2) is 5.78 Å². The molecule has 3 nitrogen and oxygen atoms in total. The maximum Gasteiger partial charge on any atom is 0.161 e. The number of nitrogens with zero attached hydrogens (tertiary/aromatic N) is 2. The van der Waals surface area contributed by atoms with Crippen molar-refractivity contribution in [2.75, 3.05) is 32.1 Å². The third-order valence-electron chi connectivity index (χ3n) is 3.57. The van der Waals surface area contributed by atoms with Gasteiger partial charge in [-0.1, -0.05) is 15.9 Å². The van der Waals surface area contributed by atoms with E-state index < -0.39 is 0 Å². The molecule has 0 saturated carbocycles. The summed E-state index contributed by atoms with van der Waals surface area (Å²) < 4.78 is 1.02. The van der Waals surface area contributed by atoms with Gasteiger partial charge in [0.1, 0.15) is 0 Å². The molecule has 0 radical (unpaired) electrons. The summed E-state index contributed by atoms with van der Waals surface area (Å²) in [7, 11) is 4.22. The number of likely N-dealkylation sites (N-methyl/N-ethyl adjacent to an activating group) is 1. The standard InChI is InChI=1S/C14H19BrN2O/c1-10(18)13-5-4-11(15)8-14(13)17-7-6-12(9-17)16(2)3/h4-5,8,12H,6-7,9H2,1-3H3. The van der Waals surface area contributed by atoms with E-state index in [4.69, 9.17) is 0 Å².